The molecular formula is C22H36BrNO. The molecule has 0 saturated heterocycles. The first-order valence-electron chi connectivity index (χ1n) is 9.45. The normalized spacial score (nSPS) is 13.1. The van der Waals surface area contributed by atoms with Gasteiger partial charge in [0.25, 0.3) is 0 Å². The molecule has 25 heavy (non-hydrogen) atoms. The molecular weight excluding hydrogens is 374 g/mol. The summed E-state index contributed by atoms with van der Waals surface area (Å²) in [7, 11) is 0. The molecule has 1 amide bonds. The number of hydrogen-bond acceptors (Lipinski definition) is 1. The number of alkyl halides is 1. The summed E-state index contributed by atoms with van der Waals surface area (Å²) in [6.07, 6.45) is 26.7. The second kappa shape index (κ2) is 16.4. The van der Waals surface area contributed by atoms with E-state index in [-0.39, 0.29) is 5.91 Å². The third-order valence-corrected chi connectivity index (χ3v) is 4.44. The highest BCUT2D eigenvalue weighted by molar-refractivity contribution is 9.09. The third-order valence-electron chi connectivity index (χ3n) is 3.88. The Morgan fingerprint density at radius 2 is 1.44 bits per heavy atom. The molecule has 0 aromatic heterocycles. The van der Waals surface area contributed by atoms with Gasteiger partial charge in [-0.05, 0) is 50.4 Å². The minimum Gasteiger partial charge on any atom is -0.370 e. The highest BCUT2D eigenvalue weighted by Gasteiger charge is 2.12. The van der Waals surface area contributed by atoms with Crippen LogP contribution in [0.3, 0.4) is 0 Å². The summed E-state index contributed by atoms with van der Waals surface area (Å²) < 4.78 is 0. The van der Waals surface area contributed by atoms with Gasteiger partial charge in [0.1, 0.15) is 0 Å². The summed E-state index contributed by atoms with van der Waals surface area (Å²) in [4.78, 5) is 10.6. The minimum atomic E-state index is -0.215. The third kappa shape index (κ3) is 19.1. The molecule has 0 unspecified atom stereocenters. The summed E-state index contributed by atoms with van der Waals surface area (Å²) in [6.45, 7) is 4.62. The van der Waals surface area contributed by atoms with Crippen LogP contribution in [0.1, 0.15) is 71.6 Å². The largest absolute Gasteiger partial charge is 0.370 e. The molecule has 0 aliphatic carbocycles. The maximum atomic E-state index is 10.6. The van der Waals surface area contributed by atoms with Crippen LogP contribution >= 0.6 is 15.9 Å². The van der Waals surface area contributed by atoms with Gasteiger partial charge >= 0.3 is 0 Å². The number of amides is 1. The summed E-state index contributed by atoms with van der Waals surface area (Å²) in [6, 6.07) is 0. The quantitative estimate of drug-likeness (QED) is 0.184. The Bertz CT molecular complexity index is 447. The molecule has 0 aliphatic rings. The van der Waals surface area contributed by atoms with Gasteiger partial charge in [-0.25, -0.2) is 0 Å². The molecule has 0 atom stereocenters. The Morgan fingerprint density at radius 1 is 0.880 bits per heavy atom. The molecule has 0 aromatic carbocycles. The van der Waals surface area contributed by atoms with Crippen LogP contribution in [0.2, 0.25) is 0 Å². The summed E-state index contributed by atoms with van der Waals surface area (Å²) in [5, 5.41) is 1.11. The number of carbonyl (C=O) groups excluding carboxylic acids is 1. The zero-order valence-electron chi connectivity index (χ0n) is 16.1. The number of hydrogen-bond donors (Lipinski definition) is 1. The second-order valence-electron chi connectivity index (χ2n) is 7.02. The number of carbonyl (C=O) groups is 1. The second-order valence-corrected chi connectivity index (χ2v) is 7.81. The van der Waals surface area contributed by atoms with E-state index in [0.29, 0.717) is 11.8 Å². The van der Waals surface area contributed by atoms with Crippen molar-refractivity contribution in [2.75, 3.05) is 5.33 Å². The number of rotatable bonds is 15. The van der Waals surface area contributed by atoms with E-state index in [1.807, 2.05) is 0 Å². The van der Waals surface area contributed by atoms with Crippen LogP contribution in [0, 0.1) is 5.41 Å². The zero-order valence-corrected chi connectivity index (χ0v) is 17.6. The first-order valence-corrected chi connectivity index (χ1v) is 10.6. The van der Waals surface area contributed by atoms with Crippen LogP contribution in [0.4, 0.5) is 0 Å². The first-order chi connectivity index (χ1) is 12.0. The fourth-order valence-corrected chi connectivity index (χ4v) is 2.77. The Morgan fingerprint density at radius 3 is 2.00 bits per heavy atom. The maximum absolute atomic E-state index is 10.6. The van der Waals surface area contributed by atoms with E-state index in [1.54, 1.807) is 0 Å². The number of halogens is 1. The van der Waals surface area contributed by atoms with Crippen LogP contribution in [-0.2, 0) is 4.79 Å². The SMILES string of the molecule is CC(C)(/C=C\C/C=C\C/C=C\C/C=C\CCCC(N)=O)CCCCBr. The van der Waals surface area contributed by atoms with Crippen LogP contribution in [0.15, 0.2) is 48.6 Å². The monoisotopic (exact) mass is 409 g/mol. The number of unbranched alkanes of at least 4 members (excludes halogenated alkanes) is 2. The first kappa shape index (κ1) is 23.9. The molecule has 2 N–H and O–H groups in total. The predicted molar refractivity (Wildman–Crippen MR) is 115 cm³/mol. The number of allylic oxidation sites excluding steroid dienone is 8. The minimum absolute atomic E-state index is 0.215. The van der Waals surface area contributed by atoms with E-state index < -0.39 is 0 Å². The van der Waals surface area contributed by atoms with E-state index >= 15 is 0 Å². The van der Waals surface area contributed by atoms with Crippen LogP contribution in [-0.4, -0.2) is 11.2 Å². The summed E-state index contributed by atoms with van der Waals surface area (Å²) in [5.41, 5.74) is 5.40. The molecule has 0 aliphatic heterocycles. The van der Waals surface area contributed by atoms with Crippen molar-refractivity contribution in [2.45, 2.75) is 71.6 Å². The van der Waals surface area contributed by atoms with Crippen molar-refractivity contribution in [3.05, 3.63) is 48.6 Å². The van der Waals surface area contributed by atoms with E-state index in [2.05, 4.69) is 78.4 Å². The maximum Gasteiger partial charge on any atom is 0.217 e. The Labute approximate surface area is 163 Å². The molecule has 0 heterocycles. The molecule has 0 rings (SSSR count). The van der Waals surface area contributed by atoms with Crippen molar-refractivity contribution in [3.63, 3.8) is 0 Å². The van der Waals surface area contributed by atoms with Crippen molar-refractivity contribution in [1.29, 1.82) is 0 Å². The molecule has 0 bridgehead atoms. The fraction of sp³-hybridized carbons (Fsp3) is 0.591. The van der Waals surface area contributed by atoms with Gasteiger partial charge in [-0.1, -0.05) is 84.8 Å². The van der Waals surface area contributed by atoms with Gasteiger partial charge in [0.2, 0.25) is 5.91 Å². The average molecular weight is 410 g/mol. The number of nitrogens with two attached hydrogens (primary N) is 1. The van der Waals surface area contributed by atoms with Gasteiger partial charge in [-0.2, -0.15) is 0 Å². The van der Waals surface area contributed by atoms with Crippen LogP contribution in [0.25, 0.3) is 0 Å². The topological polar surface area (TPSA) is 43.1 Å². The average Bonchev–Trinajstić information content (AvgIpc) is 2.55. The molecule has 2 nitrogen and oxygen atoms in total. The standard InChI is InChI=1S/C22H36BrNO/c1-22(2,19-15-16-20-23)18-14-12-10-8-6-4-3-5-7-9-11-13-17-21(24)25/h3-4,7-10,14,18H,5-6,11-13,15-17,19-20H2,1-2H3,(H2,24,25)/b4-3-,9-7-,10-8-,18-14-. The Kier molecular flexibility index (Phi) is 15.7. The van der Waals surface area contributed by atoms with Crippen molar-refractivity contribution in [2.24, 2.45) is 11.1 Å². The molecule has 0 aromatic rings. The van der Waals surface area contributed by atoms with Gasteiger partial charge < -0.3 is 5.73 Å². The van der Waals surface area contributed by atoms with Crippen LogP contribution in [0.5, 0.6) is 0 Å². The van der Waals surface area contributed by atoms with Gasteiger partial charge in [0.15, 0.2) is 0 Å². The van der Waals surface area contributed by atoms with E-state index in [1.165, 1.54) is 19.3 Å². The van der Waals surface area contributed by atoms with E-state index in [9.17, 15) is 4.79 Å². The number of primary amides is 1. The summed E-state index contributed by atoms with van der Waals surface area (Å²) in [5.74, 6) is -0.215. The van der Waals surface area contributed by atoms with Gasteiger partial charge in [0, 0.05) is 11.8 Å². The zero-order chi connectivity index (χ0) is 18.8. The van der Waals surface area contributed by atoms with Crippen molar-refractivity contribution >= 4 is 21.8 Å². The predicted octanol–water partition coefficient (Wildman–Crippen LogP) is 6.63. The molecule has 0 spiro atoms. The lowest BCUT2D eigenvalue weighted by Gasteiger charge is -2.19. The highest BCUT2D eigenvalue weighted by Crippen LogP contribution is 2.25. The highest BCUT2D eigenvalue weighted by atomic mass is 79.9. The van der Waals surface area contributed by atoms with Crippen molar-refractivity contribution in [1.82, 2.24) is 0 Å². The Hall–Kier alpha value is -1.09. The van der Waals surface area contributed by atoms with Gasteiger partial charge in [0.05, 0.1) is 0 Å². The van der Waals surface area contributed by atoms with Crippen molar-refractivity contribution < 1.29 is 4.79 Å². The van der Waals surface area contributed by atoms with Gasteiger partial charge in [-0.15, -0.1) is 0 Å². The molecule has 3 heteroatoms. The molecule has 0 fully saturated rings. The smallest absolute Gasteiger partial charge is 0.217 e. The molecule has 0 radical (unpaired) electrons. The van der Waals surface area contributed by atoms with E-state index in [0.717, 1.165) is 37.4 Å². The molecule has 142 valence electrons. The lowest BCUT2D eigenvalue weighted by atomic mass is 9.87. The Balaban J connectivity index is 3.69. The van der Waals surface area contributed by atoms with Crippen molar-refractivity contribution in [3.8, 4) is 0 Å². The summed E-state index contributed by atoms with van der Waals surface area (Å²) >= 11 is 3.49. The lowest BCUT2D eigenvalue weighted by molar-refractivity contribution is -0.118. The fourth-order valence-electron chi connectivity index (χ4n) is 2.37. The lowest BCUT2D eigenvalue weighted by Crippen LogP contribution is -2.09. The van der Waals surface area contributed by atoms with Gasteiger partial charge in [-0.3, -0.25) is 4.79 Å². The molecule has 0 saturated carbocycles. The van der Waals surface area contributed by atoms with E-state index in [4.69, 9.17) is 5.73 Å². The van der Waals surface area contributed by atoms with Crippen LogP contribution < -0.4 is 5.73 Å².